The molecule has 108 valence electrons. The van der Waals surface area contributed by atoms with Gasteiger partial charge >= 0.3 is 0 Å². The lowest BCUT2D eigenvalue weighted by atomic mass is 10.2. The van der Waals surface area contributed by atoms with Crippen molar-refractivity contribution in [3.8, 4) is 11.5 Å². The number of nitrogens with two attached hydrogens (primary N) is 1. The molecule has 3 N–H and O–H groups in total. The maximum Gasteiger partial charge on any atom is 0.273 e. The van der Waals surface area contributed by atoms with Crippen LogP contribution < -0.4 is 10.5 Å². The molecule has 0 spiro atoms. The van der Waals surface area contributed by atoms with E-state index in [0.29, 0.717) is 15.8 Å². The van der Waals surface area contributed by atoms with Gasteiger partial charge in [-0.1, -0.05) is 15.9 Å². The third kappa shape index (κ3) is 3.59. The molecular formula is C13H9Br2N3O3. The van der Waals surface area contributed by atoms with Crippen LogP contribution in [0.5, 0.6) is 11.5 Å². The first kappa shape index (κ1) is 15.5. The quantitative estimate of drug-likeness (QED) is 0.338. The number of amidine groups is 1. The van der Waals surface area contributed by atoms with Gasteiger partial charge in [-0.25, -0.2) is 0 Å². The average Bonchev–Trinajstić information content (AvgIpc) is 2.42. The summed E-state index contributed by atoms with van der Waals surface area (Å²) in [5.74, 6) is 0.453. The van der Waals surface area contributed by atoms with Crippen LogP contribution in [0.15, 0.2) is 45.3 Å². The van der Waals surface area contributed by atoms with E-state index >= 15 is 0 Å². The average molecular weight is 415 g/mol. The van der Waals surface area contributed by atoms with Crippen LogP contribution in [0.3, 0.4) is 0 Å². The summed E-state index contributed by atoms with van der Waals surface area (Å²) in [5, 5.41) is 18.4. The van der Waals surface area contributed by atoms with Gasteiger partial charge in [0.25, 0.3) is 5.69 Å². The van der Waals surface area contributed by atoms with Crippen molar-refractivity contribution in [3.63, 3.8) is 0 Å². The second kappa shape index (κ2) is 6.23. The van der Waals surface area contributed by atoms with Crippen LogP contribution in [0, 0.1) is 15.5 Å². The number of nitrogen functional groups attached to an aromatic ring is 1. The third-order valence-electron chi connectivity index (χ3n) is 2.58. The van der Waals surface area contributed by atoms with Gasteiger partial charge in [-0.3, -0.25) is 15.5 Å². The van der Waals surface area contributed by atoms with Gasteiger partial charge in [0.15, 0.2) is 0 Å². The van der Waals surface area contributed by atoms with Crippen molar-refractivity contribution in [2.75, 3.05) is 0 Å². The Morgan fingerprint density at radius 3 is 2.52 bits per heavy atom. The van der Waals surface area contributed by atoms with Gasteiger partial charge in [0, 0.05) is 10.5 Å². The van der Waals surface area contributed by atoms with Crippen LogP contribution in [0.4, 0.5) is 5.69 Å². The summed E-state index contributed by atoms with van der Waals surface area (Å²) in [7, 11) is 0. The maximum atomic E-state index is 10.8. The molecule has 21 heavy (non-hydrogen) atoms. The topological polar surface area (TPSA) is 102 Å². The van der Waals surface area contributed by atoms with E-state index in [-0.39, 0.29) is 17.3 Å². The number of nitrogens with one attached hydrogen (secondary N) is 1. The molecule has 0 aliphatic carbocycles. The Morgan fingerprint density at radius 1 is 1.19 bits per heavy atom. The zero-order valence-corrected chi connectivity index (χ0v) is 13.6. The monoisotopic (exact) mass is 413 g/mol. The van der Waals surface area contributed by atoms with E-state index < -0.39 is 4.92 Å². The third-order valence-corrected chi connectivity index (χ3v) is 3.73. The predicted molar refractivity (Wildman–Crippen MR) is 86.0 cm³/mol. The molecule has 0 aliphatic rings. The number of halogens is 2. The molecule has 6 nitrogen and oxygen atoms in total. The number of nitro groups is 1. The summed E-state index contributed by atoms with van der Waals surface area (Å²) in [6.07, 6.45) is 0. The number of rotatable bonds is 4. The highest BCUT2D eigenvalue weighted by Gasteiger charge is 2.14. The largest absolute Gasteiger partial charge is 0.455 e. The Morgan fingerprint density at radius 2 is 1.90 bits per heavy atom. The minimum Gasteiger partial charge on any atom is -0.455 e. The van der Waals surface area contributed by atoms with Crippen molar-refractivity contribution in [2.45, 2.75) is 0 Å². The fourth-order valence-electron chi connectivity index (χ4n) is 1.60. The molecular weight excluding hydrogens is 406 g/mol. The molecule has 0 aromatic heterocycles. The van der Waals surface area contributed by atoms with Crippen LogP contribution in [0.1, 0.15) is 5.56 Å². The molecule has 0 amide bonds. The van der Waals surface area contributed by atoms with E-state index in [2.05, 4.69) is 31.9 Å². The Balaban J connectivity index is 2.45. The van der Waals surface area contributed by atoms with E-state index in [9.17, 15) is 10.1 Å². The molecule has 0 fully saturated rings. The Bertz CT molecular complexity index is 735. The van der Waals surface area contributed by atoms with Gasteiger partial charge in [0.05, 0.1) is 21.0 Å². The fraction of sp³-hybridized carbons (Fsp3) is 0. The number of ether oxygens (including phenoxy) is 1. The Hall–Kier alpha value is -1.93. The molecule has 0 aliphatic heterocycles. The van der Waals surface area contributed by atoms with Crippen molar-refractivity contribution >= 4 is 43.4 Å². The van der Waals surface area contributed by atoms with E-state index in [1.807, 2.05) is 0 Å². The highest BCUT2D eigenvalue weighted by molar-refractivity contribution is 9.10. The summed E-state index contributed by atoms with van der Waals surface area (Å²) in [6.45, 7) is 0. The number of nitro benzene ring substituents is 1. The minimum absolute atomic E-state index is 0.0883. The van der Waals surface area contributed by atoms with Gasteiger partial charge in [-0.05, 0) is 40.2 Å². The van der Waals surface area contributed by atoms with Crippen LogP contribution >= 0.6 is 31.9 Å². The fourth-order valence-corrected chi connectivity index (χ4v) is 2.29. The van der Waals surface area contributed by atoms with Crippen LogP contribution in [-0.2, 0) is 0 Å². The first-order chi connectivity index (χ1) is 9.88. The molecule has 0 saturated carbocycles. The summed E-state index contributed by atoms with van der Waals surface area (Å²) < 4.78 is 6.96. The molecule has 0 saturated heterocycles. The maximum absolute atomic E-state index is 10.8. The van der Waals surface area contributed by atoms with Crippen molar-refractivity contribution in [1.82, 2.24) is 0 Å². The molecule has 2 aromatic rings. The molecule has 0 unspecified atom stereocenters. The molecule has 0 heterocycles. The highest BCUT2D eigenvalue weighted by Crippen LogP contribution is 2.35. The molecule has 2 rings (SSSR count). The first-order valence-electron chi connectivity index (χ1n) is 5.64. The Kier molecular flexibility index (Phi) is 4.59. The SMILES string of the molecule is N=C(N)c1cc(Br)ccc1Oc1cc([N+](=O)[O-])ccc1Br. The Labute approximate surface area is 136 Å². The van der Waals surface area contributed by atoms with Crippen LogP contribution in [0.25, 0.3) is 0 Å². The number of hydrogen-bond acceptors (Lipinski definition) is 4. The highest BCUT2D eigenvalue weighted by atomic mass is 79.9. The molecule has 8 heteroatoms. The lowest BCUT2D eigenvalue weighted by Gasteiger charge is -2.12. The lowest BCUT2D eigenvalue weighted by molar-refractivity contribution is -0.384. The predicted octanol–water partition coefficient (Wildman–Crippen LogP) is 4.20. The second-order valence-corrected chi connectivity index (χ2v) is 5.80. The first-order valence-corrected chi connectivity index (χ1v) is 7.23. The molecule has 0 bridgehead atoms. The zero-order chi connectivity index (χ0) is 15.6. The molecule has 0 atom stereocenters. The van der Waals surface area contributed by atoms with Crippen molar-refractivity contribution in [3.05, 3.63) is 61.0 Å². The lowest BCUT2D eigenvalue weighted by Crippen LogP contribution is -2.12. The number of hydrogen-bond donors (Lipinski definition) is 2. The van der Waals surface area contributed by atoms with E-state index in [1.165, 1.54) is 18.2 Å². The van der Waals surface area contributed by atoms with E-state index in [1.54, 1.807) is 18.2 Å². The summed E-state index contributed by atoms with van der Waals surface area (Å²) in [6, 6.07) is 9.20. The second-order valence-electron chi connectivity index (χ2n) is 4.03. The molecule has 0 radical (unpaired) electrons. The van der Waals surface area contributed by atoms with Gasteiger partial charge < -0.3 is 10.5 Å². The van der Waals surface area contributed by atoms with Crippen molar-refractivity contribution < 1.29 is 9.66 Å². The van der Waals surface area contributed by atoms with Crippen LogP contribution in [-0.4, -0.2) is 10.8 Å². The molecule has 2 aromatic carbocycles. The van der Waals surface area contributed by atoms with Crippen molar-refractivity contribution in [1.29, 1.82) is 5.41 Å². The smallest absolute Gasteiger partial charge is 0.273 e. The number of nitrogens with zero attached hydrogens (tertiary/aromatic N) is 1. The van der Waals surface area contributed by atoms with E-state index in [0.717, 1.165) is 4.47 Å². The minimum atomic E-state index is -0.507. The van der Waals surface area contributed by atoms with Gasteiger partial charge in [0.2, 0.25) is 0 Å². The number of non-ortho nitro benzene ring substituents is 1. The van der Waals surface area contributed by atoms with E-state index in [4.69, 9.17) is 15.9 Å². The van der Waals surface area contributed by atoms with Crippen molar-refractivity contribution in [2.24, 2.45) is 5.73 Å². The van der Waals surface area contributed by atoms with Gasteiger partial charge in [0.1, 0.15) is 17.3 Å². The van der Waals surface area contributed by atoms with Crippen LogP contribution in [0.2, 0.25) is 0 Å². The zero-order valence-electron chi connectivity index (χ0n) is 10.5. The van der Waals surface area contributed by atoms with Gasteiger partial charge in [-0.15, -0.1) is 0 Å². The standard InChI is InChI=1S/C13H9Br2N3O3/c14-7-1-4-11(9(5-7)13(16)17)21-12-6-8(18(19)20)2-3-10(12)15/h1-6H,(H3,16,17). The summed E-state index contributed by atoms with van der Waals surface area (Å²) in [5.41, 5.74) is 5.82. The van der Waals surface area contributed by atoms with Gasteiger partial charge in [-0.2, -0.15) is 0 Å². The number of benzene rings is 2. The normalized spacial score (nSPS) is 10.2. The summed E-state index contributed by atoms with van der Waals surface area (Å²) in [4.78, 5) is 10.3. The summed E-state index contributed by atoms with van der Waals surface area (Å²) >= 11 is 6.56.